The summed E-state index contributed by atoms with van der Waals surface area (Å²) in [4.78, 5) is 13.4. The van der Waals surface area contributed by atoms with Crippen LogP contribution in [0.2, 0.25) is 0 Å². The van der Waals surface area contributed by atoms with Crippen molar-refractivity contribution in [3.05, 3.63) is 60.2 Å². The van der Waals surface area contributed by atoms with E-state index in [1.54, 1.807) is 6.92 Å². The van der Waals surface area contributed by atoms with E-state index in [4.69, 9.17) is 9.47 Å². The van der Waals surface area contributed by atoms with E-state index >= 15 is 0 Å². The number of rotatable bonds is 10. The van der Waals surface area contributed by atoms with Gasteiger partial charge in [0, 0.05) is 13.0 Å². The van der Waals surface area contributed by atoms with Crippen molar-refractivity contribution in [3.63, 3.8) is 0 Å². The van der Waals surface area contributed by atoms with Gasteiger partial charge in [0.15, 0.2) is 0 Å². The zero-order chi connectivity index (χ0) is 21.3. The number of ether oxygens (including phenoxy) is 3. The van der Waals surface area contributed by atoms with Gasteiger partial charge < -0.3 is 14.2 Å². The van der Waals surface area contributed by atoms with Crippen molar-refractivity contribution < 1.29 is 32.2 Å². The van der Waals surface area contributed by atoms with Gasteiger partial charge in [0.1, 0.15) is 17.6 Å². The van der Waals surface area contributed by atoms with Gasteiger partial charge in [-0.15, -0.1) is 13.2 Å². The topological polar surface area (TPSA) is 48.0 Å². The summed E-state index contributed by atoms with van der Waals surface area (Å²) in [6, 6.07) is 14.8. The Labute approximate surface area is 168 Å². The van der Waals surface area contributed by atoms with Crippen LogP contribution in [-0.2, 0) is 9.53 Å². The fourth-order valence-corrected chi connectivity index (χ4v) is 2.69. The van der Waals surface area contributed by atoms with Gasteiger partial charge in [-0.05, 0) is 43.8 Å². The molecular formula is C21H24F3NO4. The molecule has 1 unspecified atom stereocenters. The highest BCUT2D eigenvalue weighted by Gasteiger charge is 2.31. The first kappa shape index (κ1) is 22.5. The first-order valence-corrected chi connectivity index (χ1v) is 9.18. The van der Waals surface area contributed by atoms with E-state index < -0.39 is 6.36 Å². The van der Waals surface area contributed by atoms with Gasteiger partial charge >= 0.3 is 12.3 Å². The van der Waals surface area contributed by atoms with Gasteiger partial charge in [0.05, 0.1) is 13.2 Å². The fourth-order valence-electron chi connectivity index (χ4n) is 2.69. The van der Waals surface area contributed by atoms with Crippen LogP contribution >= 0.6 is 0 Å². The molecule has 2 aromatic rings. The standard InChI is InChI=1S/C21H24F3NO4/c1-3-27-20(26)15-25(2)14-13-19(16-7-5-4-6-8-16)28-17-9-11-18(12-10-17)29-21(22,23)24/h4-12,19H,3,13-15H2,1-2H3. The summed E-state index contributed by atoms with van der Waals surface area (Å²) in [6.45, 7) is 2.81. The monoisotopic (exact) mass is 411 g/mol. The molecule has 0 aliphatic carbocycles. The molecule has 0 aliphatic heterocycles. The van der Waals surface area contributed by atoms with E-state index in [9.17, 15) is 18.0 Å². The quantitative estimate of drug-likeness (QED) is 0.535. The molecular weight excluding hydrogens is 387 g/mol. The Kier molecular flexibility index (Phi) is 8.33. The van der Waals surface area contributed by atoms with Crippen LogP contribution in [0.4, 0.5) is 13.2 Å². The van der Waals surface area contributed by atoms with E-state index in [2.05, 4.69) is 4.74 Å². The van der Waals surface area contributed by atoms with E-state index in [-0.39, 0.29) is 24.4 Å². The van der Waals surface area contributed by atoms with Gasteiger partial charge in [0.2, 0.25) is 0 Å². The number of carbonyl (C=O) groups excluding carboxylic acids is 1. The highest BCUT2D eigenvalue weighted by Crippen LogP contribution is 2.28. The Bertz CT molecular complexity index is 751. The molecule has 2 aromatic carbocycles. The molecule has 0 saturated carbocycles. The maximum absolute atomic E-state index is 12.3. The number of benzene rings is 2. The zero-order valence-corrected chi connectivity index (χ0v) is 16.3. The van der Waals surface area contributed by atoms with E-state index in [0.717, 1.165) is 5.56 Å². The van der Waals surface area contributed by atoms with E-state index in [1.165, 1.54) is 24.3 Å². The third kappa shape index (κ3) is 8.43. The number of hydrogen-bond acceptors (Lipinski definition) is 5. The van der Waals surface area contributed by atoms with Crippen LogP contribution in [0.25, 0.3) is 0 Å². The lowest BCUT2D eigenvalue weighted by Crippen LogP contribution is -2.29. The zero-order valence-electron chi connectivity index (χ0n) is 16.3. The summed E-state index contributed by atoms with van der Waals surface area (Å²) >= 11 is 0. The summed E-state index contributed by atoms with van der Waals surface area (Å²) in [5, 5.41) is 0. The molecule has 8 heteroatoms. The Morgan fingerprint density at radius 1 is 1.03 bits per heavy atom. The van der Waals surface area contributed by atoms with Crippen LogP contribution in [-0.4, -0.2) is 44.0 Å². The number of nitrogens with zero attached hydrogens (tertiary/aromatic N) is 1. The molecule has 2 rings (SSSR count). The minimum atomic E-state index is -4.74. The maximum atomic E-state index is 12.3. The summed E-state index contributed by atoms with van der Waals surface area (Å²) in [5.41, 5.74) is 0.924. The largest absolute Gasteiger partial charge is 0.573 e. The smallest absolute Gasteiger partial charge is 0.486 e. The first-order chi connectivity index (χ1) is 13.8. The summed E-state index contributed by atoms with van der Waals surface area (Å²) in [6.07, 6.45) is -4.51. The predicted molar refractivity (Wildman–Crippen MR) is 102 cm³/mol. The lowest BCUT2D eigenvalue weighted by molar-refractivity contribution is -0.274. The maximum Gasteiger partial charge on any atom is 0.573 e. The molecule has 0 radical (unpaired) electrons. The lowest BCUT2D eigenvalue weighted by Gasteiger charge is -2.23. The van der Waals surface area contributed by atoms with Crippen molar-refractivity contribution in [1.82, 2.24) is 4.90 Å². The number of likely N-dealkylation sites (N-methyl/N-ethyl adjacent to an activating group) is 1. The highest BCUT2D eigenvalue weighted by molar-refractivity contribution is 5.71. The second-order valence-corrected chi connectivity index (χ2v) is 6.37. The van der Waals surface area contributed by atoms with Crippen molar-refractivity contribution in [2.24, 2.45) is 0 Å². The normalized spacial score (nSPS) is 12.5. The molecule has 0 aromatic heterocycles. The van der Waals surface area contributed by atoms with Crippen molar-refractivity contribution in [2.75, 3.05) is 26.7 Å². The van der Waals surface area contributed by atoms with E-state index in [1.807, 2.05) is 42.3 Å². The molecule has 0 heterocycles. The second-order valence-electron chi connectivity index (χ2n) is 6.37. The molecule has 5 nitrogen and oxygen atoms in total. The number of halogens is 3. The van der Waals surface area contributed by atoms with Gasteiger partial charge in [-0.2, -0.15) is 0 Å². The van der Waals surface area contributed by atoms with Gasteiger partial charge in [-0.3, -0.25) is 9.69 Å². The minimum Gasteiger partial charge on any atom is -0.486 e. The van der Waals surface area contributed by atoms with Crippen LogP contribution in [0.15, 0.2) is 54.6 Å². The Morgan fingerprint density at radius 3 is 2.24 bits per heavy atom. The second kappa shape index (κ2) is 10.7. The number of esters is 1. The highest BCUT2D eigenvalue weighted by atomic mass is 19.4. The van der Waals surface area contributed by atoms with Gasteiger partial charge in [0.25, 0.3) is 0 Å². The predicted octanol–water partition coefficient (Wildman–Crippen LogP) is 4.59. The first-order valence-electron chi connectivity index (χ1n) is 9.18. The Hall–Kier alpha value is -2.74. The lowest BCUT2D eigenvalue weighted by atomic mass is 10.1. The average Bonchev–Trinajstić information content (AvgIpc) is 2.66. The molecule has 0 amide bonds. The fraction of sp³-hybridized carbons (Fsp3) is 0.381. The van der Waals surface area contributed by atoms with Crippen LogP contribution in [0.1, 0.15) is 25.0 Å². The molecule has 0 N–H and O–H groups in total. The Morgan fingerprint density at radius 2 is 1.66 bits per heavy atom. The van der Waals surface area contributed by atoms with Gasteiger partial charge in [-0.1, -0.05) is 30.3 Å². The van der Waals surface area contributed by atoms with Crippen molar-refractivity contribution in [2.45, 2.75) is 25.8 Å². The Balaban J connectivity index is 2.02. The molecule has 0 spiro atoms. The SMILES string of the molecule is CCOC(=O)CN(C)CCC(Oc1ccc(OC(F)(F)F)cc1)c1ccccc1. The minimum absolute atomic E-state index is 0.166. The average molecular weight is 411 g/mol. The summed E-state index contributed by atoms with van der Waals surface area (Å²) in [5.74, 6) is -0.191. The van der Waals surface area contributed by atoms with Crippen LogP contribution in [0.3, 0.4) is 0 Å². The molecule has 158 valence electrons. The summed E-state index contributed by atoms with van der Waals surface area (Å²) in [7, 11) is 1.81. The number of hydrogen-bond donors (Lipinski definition) is 0. The van der Waals surface area contributed by atoms with Crippen molar-refractivity contribution in [1.29, 1.82) is 0 Å². The van der Waals surface area contributed by atoms with Crippen LogP contribution in [0, 0.1) is 0 Å². The summed E-state index contributed by atoms with van der Waals surface area (Å²) < 4.78 is 51.7. The molecule has 0 aliphatic rings. The van der Waals surface area contributed by atoms with Crippen LogP contribution in [0.5, 0.6) is 11.5 Å². The van der Waals surface area contributed by atoms with Crippen LogP contribution < -0.4 is 9.47 Å². The molecule has 0 fully saturated rings. The number of alkyl halides is 3. The third-order valence-corrected chi connectivity index (χ3v) is 3.98. The number of carbonyl (C=O) groups is 1. The molecule has 29 heavy (non-hydrogen) atoms. The van der Waals surface area contributed by atoms with Crippen molar-refractivity contribution in [3.8, 4) is 11.5 Å². The van der Waals surface area contributed by atoms with E-state index in [0.29, 0.717) is 25.3 Å². The molecule has 0 saturated heterocycles. The molecule has 1 atom stereocenters. The third-order valence-electron chi connectivity index (χ3n) is 3.98. The van der Waals surface area contributed by atoms with Gasteiger partial charge in [-0.25, -0.2) is 0 Å². The van der Waals surface area contributed by atoms with Crippen molar-refractivity contribution >= 4 is 5.97 Å². The molecule has 0 bridgehead atoms.